The Balaban J connectivity index is 1.80. The Labute approximate surface area is 140 Å². The lowest BCUT2D eigenvalue weighted by atomic mass is 9.95. The number of allylic oxidation sites excluding steroid dienone is 1. The fourth-order valence-electron chi connectivity index (χ4n) is 3.23. The Hall–Kier alpha value is -2.88. The van der Waals surface area contributed by atoms with E-state index in [0.29, 0.717) is 0 Å². The number of para-hydroxylation sites is 1. The van der Waals surface area contributed by atoms with Gasteiger partial charge in [-0.2, -0.15) is 0 Å². The number of nitrogens with zero attached hydrogens (tertiary/aromatic N) is 2. The molecule has 0 radical (unpaired) electrons. The van der Waals surface area contributed by atoms with Gasteiger partial charge in [0.25, 0.3) is 0 Å². The standard InChI is InChI=1S/C20H19N3O/c1-24-18-8-2-7-17-16(13-23-20(17)18)11-14-5-4-10-22-19(14)15-6-3-9-21-12-15/h2-3,6-9,11-13,23H,4-5,10H2,1H3. The molecule has 0 bridgehead atoms. The van der Waals surface area contributed by atoms with Crippen molar-refractivity contribution in [2.45, 2.75) is 12.8 Å². The highest BCUT2D eigenvalue weighted by molar-refractivity contribution is 6.15. The first-order valence-electron chi connectivity index (χ1n) is 8.16. The highest BCUT2D eigenvalue weighted by Gasteiger charge is 2.15. The molecule has 0 amide bonds. The first-order chi connectivity index (χ1) is 11.9. The maximum atomic E-state index is 5.44. The number of aliphatic imine (C=N–C) groups is 1. The van der Waals surface area contributed by atoms with Crippen molar-refractivity contribution in [2.24, 2.45) is 4.99 Å². The molecule has 120 valence electrons. The highest BCUT2D eigenvalue weighted by atomic mass is 16.5. The van der Waals surface area contributed by atoms with Crippen molar-refractivity contribution >= 4 is 22.7 Å². The Bertz CT molecular complexity index is 922. The molecule has 1 aliphatic heterocycles. The molecular weight excluding hydrogens is 298 g/mol. The zero-order valence-corrected chi connectivity index (χ0v) is 13.6. The molecule has 3 heterocycles. The molecule has 4 rings (SSSR count). The van der Waals surface area contributed by atoms with Crippen LogP contribution < -0.4 is 4.74 Å². The van der Waals surface area contributed by atoms with E-state index in [-0.39, 0.29) is 0 Å². The topological polar surface area (TPSA) is 50.3 Å². The molecule has 1 aliphatic rings. The maximum Gasteiger partial charge on any atom is 0.142 e. The molecule has 1 N–H and O–H groups in total. The van der Waals surface area contributed by atoms with Crippen LogP contribution in [0.1, 0.15) is 24.0 Å². The fourth-order valence-corrected chi connectivity index (χ4v) is 3.23. The number of hydrogen-bond donors (Lipinski definition) is 1. The van der Waals surface area contributed by atoms with E-state index in [2.05, 4.69) is 28.2 Å². The van der Waals surface area contributed by atoms with E-state index < -0.39 is 0 Å². The quantitative estimate of drug-likeness (QED) is 0.785. The summed E-state index contributed by atoms with van der Waals surface area (Å²) >= 11 is 0. The van der Waals surface area contributed by atoms with Crippen LogP contribution >= 0.6 is 0 Å². The summed E-state index contributed by atoms with van der Waals surface area (Å²) in [5.41, 5.74) is 5.60. The van der Waals surface area contributed by atoms with Gasteiger partial charge in [-0.3, -0.25) is 9.98 Å². The van der Waals surface area contributed by atoms with Crippen LogP contribution in [0.5, 0.6) is 5.75 Å². The van der Waals surface area contributed by atoms with Gasteiger partial charge >= 0.3 is 0 Å². The number of aromatic nitrogens is 2. The van der Waals surface area contributed by atoms with Gasteiger partial charge in [0.05, 0.1) is 18.3 Å². The molecule has 0 spiro atoms. The van der Waals surface area contributed by atoms with Gasteiger partial charge < -0.3 is 9.72 Å². The Morgan fingerprint density at radius 2 is 2.17 bits per heavy atom. The summed E-state index contributed by atoms with van der Waals surface area (Å²) in [6.07, 6.45) is 10.1. The SMILES string of the molecule is COc1cccc2c(C=C3CCCN=C3c3cccnc3)c[nH]c12. The smallest absolute Gasteiger partial charge is 0.142 e. The average molecular weight is 317 g/mol. The van der Waals surface area contributed by atoms with Gasteiger partial charge in [0.15, 0.2) is 0 Å². The van der Waals surface area contributed by atoms with E-state index in [9.17, 15) is 0 Å². The summed E-state index contributed by atoms with van der Waals surface area (Å²) in [4.78, 5) is 12.3. The summed E-state index contributed by atoms with van der Waals surface area (Å²) in [6, 6.07) is 10.1. The van der Waals surface area contributed by atoms with Gasteiger partial charge in [-0.15, -0.1) is 0 Å². The van der Waals surface area contributed by atoms with Crippen LogP contribution in [0.25, 0.3) is 17.0 Å². The lowest BCUT2D eigenvalue weighted by Gasteiger charge is -2.16. The molecule has 0 atom stereocenters. The predicted molar refractivity (Wildman–Crippen MR) is 97.7 cm³/mol. The number of rotatable bonds is 3. The van der Waals surface area contributed by atoms with Crippen molar-refractivity contribution in [1.82, 2.24) is 9.97 Å². The summed E-state index contributed by atoms with van der Waals surface area (Å²) < 4.78 is 5.44. The number of aromatic amines is 1. The molecule has 2 aromatic heterocycles. The number of fused-ring (bicyclic) bond motifs is 1. The monoisotopic (exact) mass is 317 g/mol. The van der Waals surface area contributed by atoms with Crippen molar-refractivity contribution < 1.29 is 4.74 Å². The zero-order chi connectivity index (χ0) is 16.4. The highest BCUT2D eigenvalue weighted by Crippen LogP contribution is 2.30. The number of benzene rings is 1. The average Bonchev–Trinajstić information content (AvgIpc) is 3.06. The third-order valence-corrected chi connectivity index (χ3v) is 4.37. The van der Waals surface area contributed by atoms with Crippen molar-refractivity contribution in [1.29, 1.82) is 0 Å². The third-order valence-electron chi connectivity index (χ3n) is 4.37. The van der Waals surface area contributed by atoms with Crippen LogP contribution in [-0.2, 0) is 0 Å². The molecule has 0 saturated heterocycles. The maximum absolute atomic E-state index is 5.44. The van der Waals surface area contributed by atoms with Gasteiger partial charge in [-0.1, -0.05) is 12.1 Å². The second-order valence-corrected chi connectivity index (χ2v) is 5.87. The lowest BCUT2D eigenvalue weighted by molar-refractivity contribution is 0.419. The minimum Gasteiger partial charge on any atom is -0.495 e. The van der Waals surface area contributed by atoms with Gasteiger partial charge in [-0.05, 0) is 42.7 Å². The van der Waals surface area contributed by atoms with E-state index in [4.69, 9.17) is 9.73 Å². The van der Waals surface area contributed by atoms with E-state index in [1.807, 2.05) is 30.6 Å². The minimum absolute atomic E-state index is 0.863. The summed E-state index contributed by atoms with van der Waals surface area (Å²) in [5, 5.41) is 1.16. The number of ether oxygens (including phenoxy) is 1. The summed E-state index contributed by atoms with van der Waals surface area (Å²) in [5.74, 6) is 0.863. The van der Waals surface area contributed by atoms with Crippen LogP contribution in [0.15, 0.2) is 59.5 Å². The summed E-state index contributed by atoms with van der Waals surface area (Å²) in [6.45, 7) is 0.878. The van der Waals surface area contributed by atoms with E-state index >= 15 is 0 Å². The first kappa shape index (κ1) is 14.7. The minimum atomic E-state index is 0.863. The van der Waals surface area contributed by atoms with Crippen molar-refractivity contribution in [3.63, 3.8) is 0 Å². The van der Waals surface area contributed by atoms with Crippen LogP contribution in [0.4, 0.5) is 0 Å². The van der Waals surface area contributed by atoms with Gasteiger partial charge in [0.1, 0.15) is 5.75 Å². The van der Waals surface area contributed by atoms with Gasteiger partial charge in [0.2, 0.25) is 0 Å². The molecule has 3 aromatic rings. The number of pyridine rings is 1. The Morgan fingerprint density at radius 3 is 3.00 bits per heavy atom. The second-order valence-electron chi connectivity index (χ2n) is 5.87. The number of nitrogens with one attached hydrogen (secondary N) is 1. The number of H-pyrrole nitrogens is 1. The van der Waals surface area contributed by atoms with Crippen molar-refractivity contribution in [3.8, 4) is 5.75 Å². The summed E-state index contributed by atoms with van der Waals surface area (Å²) in [7, 11) is 1.70. The van der Waals surface area contributed by atoms with Crippen molar-refractivity contribution in [3.05, 3.63) is 65.6 Å². The third kappa shape index (κ3) is 2.60. The molecule has 24 heavy (non-hydrogen) atoms. The Morgan fingerprint density at radius 1 is 1.21 bits per heavy atom. The second kappa shape index (κ2) is 6.32. The molecule has 0 saturated carbocycles. The van der Waals surface area contributed by atoms with E-state index in [1.54, 1.807) is 13.3 Å². The lowest BCUT2D eigenvalue weighted by Crippen LogP contribution is -2.11. The van der Waals surface area contributed by atoms with Gasteiger partial charge in [-0.25, -0.2) is 0 Å². The molecule has 0 aliphatic carbocycles. The van der Waals surface area contributed by atoms with Crippen LogP contribution in [0.3, 0.4) is 0 Å². The molecule has 0 fully saturated rings. The Kier molecular flexibility index (Phi) is 3.87. The van der Waals surface area contributed by atoms with Crippen LogP contribution in [-0.4, -0.2) is 29.3 Å². The van der Waals surface area contributed by atoms with E-state index in [0.717, 1.165) is 52.9 Å². The molecule has 4 heteroatoms. The number of methoxy groups -OCH3 is 1. The normalized spacial score (nSPS) is 16.4. The molecule has 4 nitrogen and oxygen atoms in total. The molecule has 0 unspecified atom stereocenters. The fraction of sp³-hybridized carbons (Fsp3) is 0.200. The van der Waals surface area contributed by atoms with Crippen LogP contribution in [0.2, 0.25) is 0 Å². The van der Waals surface area contributed by atoms with E-state index in [1.165, 1.54) is 5.57 Å². The largest absolute Gasteiger partial charge is 0.495 e. The van der Waals surface area contributed by atoms with Crippen LogP contribution in [0, 0.1) is 0 Å². The predicted octanol–water partition coefficient (Wildman–Crippen LogP) is 4.24. The van der Waals surface area contributed by atoms with Gasteiger partial charge in [0, 0.05) is 41.6 Å². The molecule has 1 aromatic carbocycles. The van der Waals surface area contributed by atoms with Crippen molar-refractivity contribution in [2.75, 3.05) is 13.7 Å². The number of hydrogen-bond acceptors (Lipinski definition) is 3. The first-order valence-corrected chi connectivity index (χ1v) is 8.16. The zero-order valence-electron chi connectivity index (χ0n) is 13.6. The molecular formula is C20H19N3O.